The lowest BCUT2D eigenvalue weighted by Crippen LogP contribution is -2.27. The third-order valence-electron chi connectivity index (χ3n) is 3.14. The van der Waals surface area contributed by atoms with E-state index in [9.17, 15) is 9.59 Å². The van der Waals surface area contributed by atoms with Gasteiger partial charge in [-0.1, -0.05) is 17.2 Å². The number of nitrogens with zero attached hydrogens (tertiary/aromatic N) is 3. The maximum absolute atomic E-state index is 12.0. The van der Waals surface area contributed by atoms with Gasteiger partial charge in [0.1, 0.15) is 5.58 Å². The maximum atomic E-state index is 12.0. The van der Waals surface area contributed by atoms with Gasteiger partial charge in [-0.15, -0.1) is 0 Å². The van der Waals surface area contributed by atoms with E-state index in [2.05, 4.69) is 15.3 Å². The SMILES string of the molecule is CCNC(=O)Cc1c(C)c2ccc(N=[N+]=[N-])cc2oc1=O. The first-order valence-corrected chi connectivity index (χ1v) is 6.45. The number of fused-ring (bicyclic) bond motifs is 1. The highest BCUT2D eigenvalue weighted by atomic mass is 16.4. The third-order valence-corrected chi connectivity index (χ3v) is 3.14. The van der Waals surface area contributed by atoms with Gasteiger partial charge in [0.05, 0.1) is 12.0 Å². The molecule has 0 fully saturated rings. The standard InChI is InChI=1S/C14H14N4O3/c1-3-16-13(19)7-11-8(2)10-5-4-9(17-18-15)6-12(10)21-14(11)20/h4-6H,3,7H2,1-2H3,(H,16,19). The molecule has 1 N–H and O–H groups in total. The minimum absolute atomic E-state index is 0.0178. The van der Waals surface area contributed by atoms with E-state index >= 15 is 0 Å². The second-order valence-corrected chi connectivity index (χ2v) is 4.49. The normalized spacial score (nSPS) is 10.2. The van der Waals surface area contributed by atoms with Crippen molar-refractivity contribution in [3.8, 4) is 0 Å². The topological polar surface area (TPSA) is 108 Å². The zero-order valence-corrected chi connectivity index (χ0v) is 11.7. The summed E-state index contributed by atoms with van der Waals surface area (Å²) in [5.41, 5.74) is 9.60. The van der Waals surface area contributed by atoms with Gasteiger partial charge in [0, 0.05) is 22.5 Å². The van der Waals surface area contributed by atoms with E-state index in [4.69, 9.17) is 9.95 Å². The fraction of sp³-hybridized carbons (Fsp3) is 0.286. The van der Waals surface area contributed by atoms with Crippen molar-refractivity contribution in [2.24, 2.45) is 5.11 Å². The zero-order chi connectivity index (χ0) is 15.4. The molecular weight excluding hydrogens is 272 g/mol. The zero-order valence-electron chi connectivity index (χ0n) is 11.7. The van der Waals surface area contributed by atoms with Crippen LogP contribution in [0.25, 0.3) is 21.4 Å². The third kappa shape index (κ3) is 3.04. The minimum Gasteiger partial charge on any atom is -0.422 e. The number of aryl methyl sites for hydroxylation is 1. The van der Waals surface area contributed by atoms with Gasteiger partial charge in [0.2, 0.25) is 5.91 Å². The molecule has 1 aromatic carbocycles. The molecule has 108 valence electrons. The lowest BCUT2D eigenvalue weighted by atomic mass is 10.0. The van der Waals surface area contributed by atoms with Crippen molar-refractivity contribution in [2.45, 2.75) is 20.3 Å². The van der Waals surface area contributed by atoms with Crippen molar-refractivity contribution < 1.29 is 9.21 Å². The van der Waals surface area contributed by atoms with Crippen LogP contribution in [-0.2, 0) is 11.2 Å². The first-order chi connectivity index (χ1) is 10.1. The molecule has 1 aromatic heterocycles. The lowest BCUT2D eigenvalue weighted by molar-refractivity contribution is -0.120. The second-order valence-electron chi connectivity index (χ2n) is 4.49. The summed E-state index contributed by atoms with van der Waals surface area (Å²) in [6, 6.07) is 4.84. The van der Waals surface area contributed by atoms with Crippen LogP contribution in [0, 0.1) is 6.92 Å². The maximum Gasteiger partial charge on any atom is 0.340 e. The average molecular weight is 286 g/mol. The van der Waals surface area contributed by atoms with Crippen molar-refractivity contribution in [3.05, 3.63) is 50.2 Å². The Labute approximate surface area is 120 Å². The van der Waals surface area contributed by atoms with Crippen molar-refractivity contribution in [2.75, 3.05) is 6.54 Å². The van der Waals surface area contributed by atoms with Crippen molar-refractivity contribution >= 4 is 22.6 Å². The molecule has 0 spiro atoms. The molecule has 1 amide bonds. The molecule has 0 atom stereocenters. The van der Waals surface area contributed by atoms with Gasteiger partial charge < -0.3 is 9.73 Å². The van der Waals surface area contributed by atoms with E-state index in [1.165, 1.54) is 6.07 Å². The molecule has 0 unspecified atom stereocenters. The summed E-state index contributed by atoms with van der Waals surface area (Å²) in [4.78, 5) is 26.3. The molecule has 2 aromatic rings. The van der Waals surface area contributed by atoms with E-state index in [0.29, 0.717) is 34.3 Å². The van der Waals surface area contributed by atoms with Gasteiger partial charge in [0.15, 0.2) is 0 Å². The van der Waals surface area contributed by atoms with Crippen molar-refractivity contribution in [1.82, 2.24) is 5.32 Å². The number of carbonyl (C=O) groups excluding carboxylic acids is 1. The molecule has 0 radical (unpaired) electrons. The van der Waals surface area contributed by atoms with Crippen LogP contribution < -0.4 is 10.9 Å². The number of rotatable bonds is 4. The Hall–Kier alpha value is -2.79. The van der Waals surface area contributed by atoms with Crippen LogP contribution >= 0.6 is 0 Å². The first-order valence-electron chi connectivity index (χ1n) is 6.45. The van der Waals surface area contributed by atoms with Gasteiger partial charge in [0.25, 0.3) is 0 Å². The second kappa shape index (κ2) is 6.11. The highest BCUT2D eigenvalue weighted by molar-refractivity contribution is 5.86. The molecule has 0 bridgehead atoms. The van der Waals surface area contributed by atoms with Crippen molar-refractivity contribution in [3.63, 3.8) is 0 Å². The number of amides is 1. The highest BCUT2D eigenvalue weighted by Gasteiger charge is 2.14. The van der Waals surface area contributed by atoms with E-state index in [1.807, 2.05) is 6.92 Å². The van der Waals surface area contributed by atoms with Crippen LogP contribution in [0.1, 0.15) is 18.1 Å². The van der Waals surface area contributed by atoms with Crippen LogP contribution in [-0.4, -0.2) is 12.5 Å². The number of hydrogen-bond acceptors (Lipinski definition) is 4. The summed E-state index contributed by atoms with van der Waals surface area (Å²) in [6.45, 7) is 4.08. The predicted octanol–water partition coefficient (Wildman–Crippen LogP) is 2.72. The molecule has 2 rings (SSSR count). The average Bonchev–Trinajstić information content (AvgIpc) is 2.44. The van der Waals surface area contributed by atoms with Gasteiger partial charge >= 0.3 is 5.63 Å². The Bertz CT molecular complexity index is 804. The van der Waals surface area contributed by atoms with Crippen LogP contribution in [0.3, 0.4) is 0 Å². The fourth-order valence-corrected chi connectivity index (χ4v) is 2.12. The summed E-state index contributed by atoms with van der Waals surface area (Å²) >= 11 is 0. The molecule has 0 aliphatic rings. The number of benzene rings is 1. The molecule has 0 saturated heterocycles. The number of carbonyl (C=O) groups is 1. The monoisotopic (exact) mass is 286 g/mol. The summed E-state index contributed by atoms with van der Waals surface area (Å²) in [7, 11) is 0. The molecule has 0 aliphatic heterocycles. The summed E-state index contributed by atoms with van der Waals surface area (Å²) in [6.07, 6.45) is -0.0178. The quantitative estimate of drug-likeness (QED) is 0.404. The van der Waals surface area contributed by atoms with Crippen LogP contribution in [0.4, 0.5) is 5.69 Å². The summed E-state index contributed by atoms with van der Waals surface area (Å²) in [5, 5.41) is 6.83. The fourth-order valence-electron chi connectivity index (χ4n) is 2.12. The van der Waals surface area contributed by atoms with Gasteiger partial charge in [-0.3, -0.25) is 4.79 Å². The molecule has 0 saturated carbocycles. The Kier molecular flexibility index (Phi) is 4.25. The van der Waals surface area contributed by atoms with Gasteiger partial charge in [-0.2, -0.15) is 0 Å². The Morgan fingerprint density at radius 2 is 2.24 bits per heavy atom. The van der Waals surface area contributed by atoms with Crippen LogP contribution in [0.2, 0.25) is 0 Å². The van der Waals surface area contributed by atoms with Crippen LogP contribution in [0.15, 0.2) is 32.5 Å². The van der Waals surface area contributed by atoms with E-state index < -0.39 is 5.63 Å². The highest BCUT2D eigenvalue weighted by Crippen LogP contribution is 2.24. The number of nitrogens with one attached hydrogen (secondary N) is 1. The van der Waals surface area contributed by atoms with Crippen LogP contribution in [0.5, 0.6) is 0 Å². The van der Waals surface area contributed by atoms with E-state index in [0.717, 1.165) is 0 Å². The minimum atomic E-state index is -0.552. The van der Waals surface area contributed by atoms with Gasteiger partial charge in [-0.05, 0) is 31.0 Å². The summed E-state index contributed by atoms with van der Waals surface area (Å²) < 4.78 is 5.22. The molecule has 7 nitrogen and oxygen atoms in total. The first kappa shape index (κ1) is 14.6. The largest absolute Gasteiger partial charge is 0.422 e. The number of azide groups is 1. The molecule has 7 heteroatoms. The lowest BCUT2D eigenvalue weighted by Gasteiger charge is -2.08. The van der Waals surface area contributed by atoms with E-state index in [1.54, 1.807) is 19.1 Å². The number of hydrogen-bond donors (Lipinski definition) is 1. The smallest absolute Gasteiger partial charge is 0.340 e. The Balaban J connectivity index is 2.55. The Morgan fingerprint density at radius 1 is 1.48 bits per heavy atom. The molecule has 21 heavy (non-hydrogen) atoms. The number of likely N-dealkylation sites (N-methyl/N-ethyl adjacent to an activating group) is 1. The van der Waals surface area contributed by atoms with Gasteiger partial charge in [-0.25, -0.2) is 4.79 Å². The molecule has 0 aliphatic carbocycles. The predicted molar refractivity (Wildman–Crippen MR) is 78.4 cm³/mol. The Morgan fingerprint density at radius 3 is 2.90 bits per heavy atom. The molecule has 1 heterocycles. The molecular formula is C14H14N4O3. The van der Waals surface area contributed by atoms with E-state index in [-0.39, 0.29) is 12.3 Å². The van der Waals surface area contributed by atoms with Crippen molar-refractivity contribution in [1.29, 1.82) is 0 Å². The summed E-state index contributed by atoms with van der Waals surface area (Å²) in [5.74, 6) is -0.224.